The Bertz CT molecular complexity index is 544. The summed E-state index contributed by atoms with van der Waals surface area (Å²) in [6, 6.07) is 7.37. The van der Waals surface area contributed by atoms with Gasteiger partial charge in [0, 0.05) is 43.4 Å². The maximum absolute atomic E-state index is 12.8. The Morgan fingerprint density at radius 1 is 1.11 bits per heavy atom. The van der Waals surface area contributed by atoms with E-state index in [4.69, 9.17) is 0 Å². The predicted molar refractivity (Wildman–Crippen MR) is 68.3 cm³/mol. The normalized spacial score (nSPS) is 16.7. The van der Waals surface area contributed by atoms with E-state index in [1.165, 1.54) is 6.20 Å². The minimum Gasteiger partial charge on any atom is -0.368 e. The minimum absolute atomic E-state index is 0.598. The van der Waals surface area contributed by atoms with Crippen molar-refractivity contribution >= 4 is 16.6 Å². The van der Waals surface area contributed by atoms with E-state index in [0.717, 1.165) is 41.8 Å². The molecule has 96 valence electrons. The zero-order chi connectivity index (χ0) is 12.5. The highest BCUT2D eigenvalue weighted by molar-refractivity contribution is 5.93. The van der Waals surface area contributed by atoms with Crippen LogP contribution in [0.2, 0.25) is 0 Å². The lowest BCUT2D eigenvalue weighted by molar-refractivity contribution is 0.0752. The molecule has 0 radical (unpaired) electrons. The monoisotopic (exact) mass is 251 g/mol. The van der Waals surface area contributed by atoms with Gasteiger partial charge < -0.3 is 10.2 Å². The molecule has 1 aliphatic rings. The molecule has 5 heteroatoms. The smallest absolute Gasteiger partial charge is 0.319 e. The number of fused-ring (bicyclic) bond motifs is 1. The van der Waals surface area contributed by atoms with E-state index < -0.39 is 6.55 Å². The number of benzene rings is 1. The second kappa shape index (κ2) is 4.57. The number of hydrogen-bond donors (Lipinski definition) is 1. The van der Waals surface area contributed by atoms with Crippen LogP contribution in [0.3, 0.4) is 0 Å². The van der Waals surface area contributed by atoms with Crippen molar-refractivity contribution < 1.29 is 8.78 Å². The number of nitrogens with zero attached hydrogens (tertiary/aromatic N) is 2. The van der Waals surface area contributed by atoms with E-state index in [-0.39, 0.29) is 0 Å². The van der Waals surface area contributed by atoms with Crippen LogP contribution in [0.1, 0.15) is 6.55 Å². The molecule has 0 bridgehead atoms. The molecule has 3 rings (SSSR count). The molecular weight excluding hydrogens is 236 g/mol. The summed E-state index contributed by atoms with van der Waals surface area (Å²) in [5, 5.41) is 4.19. The second-order valence-electron chi connectivity index (χ2n) is 4.45. The standard InChI is InChI=1S/C13H15F2N3/c14-13(15)18-7-4-10-11(2-1-3-12(10)18)17-8-5-16-6-9-17/h1-4,7,13,16H,5-6,8-9H2. The lowest BCUT2D eigenvalue weighted by atomic mass is 10.2. The van der Waals surface area contributed by atoms with Crippen LogP contribution in [-0.4, -0.2) is 30.7 Å². The Morgan fingerprint density at radius 3 is 2.61 bits per heavy atom. The third-order valence-electron chi connectivity index (χ3n) is 3.41. The van der Waals surface area contributed by atoms with Crippen LogP contribution >= 0.6 is 0 Å². The summed E-state index contributed by atoms with van der Waals surface area (Å²) in [6.45, 7) is 1.22. The third-order valence-corrected chi connectivity index (χ3v) is 3.41. The van der Waals surface area contributed by atoms with E-state index in [2.05, 4.69) is 10.2 Å². The van der Waals surface area contributed by atoms with Gasteiger partial charge in [0.05, 0.1) is 5.52 Å². The summed E-state index contributed by atoms with van der Waals surface area (Å²) in [4.78, 5) is 2.24. The molecule has 1 aromatic carbocycles. The zero-order valence-electron chi connectivity index (χ0n) is 9.94. The van der Waals surface area contributed by atoms with E-state index in [0.29, 0.717) is 5.52 Å². The van der Waals surface area contributed by atoms with Gasteiger partial charge >= 0.3 is 6.55 Å². The Balaban J connectivity index is 2.07. The number of nitrogens with one attached hydrogen (secondary N) is 1. The zero-order valence-corrected chi connectivity index (χ0v) is 9.94. The molecule has 1 aliphatic heterocycles. The number of aromatic nitrogens is 1. The molecule has 0 spiro atoms. The molecule has 0 unspecified atom stereocenters. The number of alkyl halides is 2. The molecular formula is C13H15F2N3. The number of rotatable bonds is 2. The van der Waals surface area contributed by atoms with Crippen molar-refractivity contribution in [3.05, 3.63) is 30.5 Å². The Morgan fingerprint density at radius 2 is 1.89 bits per heavy atom. The Labute approximate surface area is 104 Å². The van der Waals surface area contributed by atoms with Crippen molar-refractivity contribution in [2.45, 2.75) is 6.55 Å². The first-order valence-corrected chi connectivity index (χ1v) is 6.11. The van der Waals surface area contributed by atoms with Gasteiger partial charge in [0.15, 0.2) is 0 Å². The first-order valence-electron chi connectivity index (χ1n) is 6.11. The fourth-order valence-electron chi connectivity index (χ4n) is 2.52. The van der Waals surface area contributed by atoms with Crippen LogP contribution < -0.4 is 10.2 Å². The van der Waals surface area contributed by atoms with Crippen LogP contribution in [0.5, 0.6) is 0 Å². The summed E-state index contributed by atoms with van der Waals surface area (Å²) >= 11 is 0. The maximum atomic E-state index is 12.8. The van der Waals surface area contributed by atoms with E-state index in [1.54, 1.807) is 12.1 Å². The summed E-state index contributed by atoms with van der Waals surface area (Å²) in [6.07, 6.45) is 1.46. The largest absolute Gasteiger partial charge is 0.368 e. The van der Waals surface area contributed by atoms with E-state index in [9.17, 15) is 8.78 Å². The van der Waals surface area contributed by atoms with Crippen LogP contribution in [0.15, 0.2) is 30.5 Å². The highest BCUT2D eigenvalue weighted by Gasteiger charge is 2.16. The van der Waals surface area contributed by atoms with Crippen LogP contribution in [-0.2, 0) is 0 Å². The molecule has 1 aromatic heterocycles. The average molecular weight is 251 g/mol. The van der Waals surface area contributed by atoms with E-state index >= 15 is 0 Å². The van der Waals surface area contributed by atoms with Crippen molar-refractivity contribution in [3.8, 4) is 0 Å². The Kier molecular flexibility index (Phi) is 2.91. The van der Waals surface area contributed by atoms with E-state index in [1.807, 2.05) is 12.1 Å². The van der Waals surface area contributed by atoms with Gasteiger partial charge in [-0.3, -0.25) is 4.57 Å². The first kappa shape index (κ1) is 11.5. The molecule has 2 aromatic rings. The van der Waals surface area contributed by atoms with Crippen molar-refractivity contribution in [1.29, 1.82) is 0 Å². The van der Waals surface area contributed by atoms with Crippen LogP contribution in [0.4, 0.5) is 14.5 Å². The van der Waals surface area contributed by atoms with Crippen molar-refractivity contribution in [1.82, 2.24) is 9.88 Å². The van der Waals surface area contributed by atoms with Gasteiger partial charge in [0.2, 0.25) is 0 Å². The number of piperazine rings is 1. The fourth-order valence-corrected chi connectivity index (χ4v) is 2.52. The SMILES string of the molecule is FC(F)n1ccc2c(N3CCNCC3)cccc21. The molecule has 0 aliphatic carbocycles. The van der Waals surface area contributed by atoms with Gasteiger partial charge in [-0.2, -0.15) is 8.78 Å². The summed E-state index contributed by atoms with van der Waals surface area (Å²) in [7, 11) is 0. The molecule has 1 fully saturated rings. The van der Waals surface area contributed by atoms with Gasteiger partial charge in [0.25, 0.3) is 0 Å². The van der Waals surface area contributed by atoms with Crippen molar-refractivity contribution in [3.63, 3.8) is 0 Å². The fraction of sp³-hybridized carbons (Fsp3) is 0.385. The highest BCUT2D eigenvalue weighted by Crippen LogP contribution is 2.30. The molecule has 0 atom stereocenters. The lowest BCUT2D eigenvalue weighted by Gasteiger charge is -2.30. The predicted octanol–water partition coefficient (Wildman–Crippen LogP) is 2.45. The van der Waals surface area contributed by atoms with Gasteiger partial charge in [0.1, 0.15) is 0 Å². The number of halogens is 2. The molecule has 18 heavy (non-hydrogen) atoms. The lowest BCUT2D eigenvalue weighted by Crippen LogP contribution is -2.43. The first-order chi connectivity index (χ1) is 8.77. The number of hydrogen-bond acceptors (Lipinski definition) is 2. The minimum atomic E-state index is -2.49. The second-order valence-corrected chi connectivity index (χ2v) is 4.45. The van der Waals surface area contributed by atoms with Gasteiger partial charge in [-0.05, 0) is 18.2 Å². The van der Waals surface area contributed by atoms with Gasteiger partial charge in [-0.15, -0.1) is 0 Å². The highest BCUT2D eigenvalue weighted by atomic mass is 19.3. The van der Waals surface area contributed by atoms with Gasteiger partial charge in [-0.1, -0.05) is 6.07 Å². The summed E-state index contributed by atoms with van der Waals surface area (Å²) in [5.74, 6) is 0. The number of anilines is 1. The van der Waals surface area contributed by atoms with Gasteiger partial charge in [-0.25, -0.2) is 0 Å². The molecule has 0 amide bonds. The molecule has 1 N–H and O–H groups in total. The summed E-state index contributed by atoms with van der Waals surface area (Å²) < 4.78 is 26.7. The summed E-state index contributed by atoms with van der Waals surface area (Å²) in [5.41, 5.74) is 1.65. The van der Waals surface area contributed by atoms with Crippen molar-refractivity contribution in [2.24, 2.45) is 0 Å². The average Bonchev–Trinajstić information content (AvgIpc) is 2.83. The molecule has 3 nitrogen and oxygen atoms in total. The molecule has 0 saturated carbocycles. The topological polar surface area (TPSA) is 20.2 Å². The van der Waals surface area contributed by atoms with Crippen molar-refractivity contribution in [2.75, 3.05) is 31.1 Å². The quantitative estimate of drug-likeness (QED) is 0.884. The Hall–Kier alpha value is -1.62. The van der Waals surface area contributed by atoms with Crippen LogP contribution in [0, 0.1) is 0 Å². The maximum Gasteiger partial charge on any atom is 0.319 e. The molecule has 2 heterocycles. The molecule has 1 saturated heterocycles. The third kappa shape index (κ3) is 1.84. The van der Waals surface area contributed by atoms with Crippen LogP contribution in [0.25, 0.3) is 10.9 Å².